The van der Waals surface area contributed by atoms with Gasteiger partial charge < -0.3 is 10.1 Å². The maximum absolute atomic E-state index is 12.1. The van der Waals surface area contributed by atoms with Crippen molar-refractivity contribution in [2.24, 2.45) is 11.8 Å². The molecule has 102 valence electrons. The van der Waals surface area contributed by atoms with E-state index in [0.29, 0.717) is 23.5 Å². The predicted octanol–water partition coefficient (Wildman–Crippen LogP) is 2.77. The molecule has 4 heteroatoms. The molecule has 1 heterocycles. The highest BCUT2D eigenvalue weighted by Gasteiger charge is 2.43. The van der Waals surface area contributed by atoms with Gasteiger partial charge in [0.2, 0.25) is 0 Å². The van der Waals surface area contributed by atoms with E-state index in [4.69, 9.17) is 16.3 Å². The van der Waals surface area contributed by atoms with E-state index in [0.717, 1.165) is 18.5 Å². The second-order valence-electron chi connectivity index (χ2n) is 5.48. The topological polar surface area (TPSA) is 38.3 Å². The normalized spacial score (nSPS) is 29.2. The number of hydrogen-bond acceptors (Lipinski definition) is 3. The van der Waals surface area contributed by atoms with E-state index in [9.17, 15) is 4.79 Å². The van der Waals surface area contributed by atoms with Crippen LogP contribution < -0.4 is 5.32 Å². The molecular formula is C15H18ClNO2. The van der Waals surface area contributed by atoms with E-state index in [1.807, 2.05) is 24.3 Å². The van der Waals surface area contributed by atoms with Crippen molar-refractivity contribution in [3.8, 4) is 0 Å². The number of carbonyl (C=O) groups excluding carboxylic acids is 1. The van der Waals surface area contributed by atoms with Crippen LogP contribution in [0.25, 0.3) is 0 Å². The van der Waals surface area contributed by atoms with Crippen molar-refractivity contribution in [1.82, 2.24) is 5.32 Å². The highest BCUT2D eigenvalue weighted by atomic mass is 35.5. The Morgan fingerprint density at radius 3 is 3.16 bits per heavy atom. The van der Waals surface area contributed by atoms with Crippen LogP contribution in [-0.2, 0) is 16.1 Å². The van der Waals surface area contributed by atoms with Crippen molar-refractivity contribution in [2.75, 3.05) is 6.54 Å². The molecule has 2 fully saturated rings. The first-order chi connectivity index (χ1) is 9.24. The summed E-state index contributed by atoms with van der Waals surface area (Å²) in [6.07, 6.45) is 3.64. The standard InChI is InChI=1S/C15H18ClNO2/c16-12-5-1-3-10(7-12)9-19-15(18)14-13-6-2-4-11(13)8-17-14/h1,3,5,7,11,13-14,17H,2,4,6,8-9H2. The third-order valence-corrected chi connectivity index (χ3v) is 4.51. The molecule has 3 nitrogen and oxygen atoms in total. The van der Waals surface area contributed by atoms with Gasteiger partial charge in [-0.05, 0) is 48.9 Å². The molecule has 1 N–H and O–H groups in total. The molecule has 0 amide bonds. The van der Waals surface area contributed by atoms with Crippen LogP contribution in [0.4, 0.5) is 0 Å². The molecule has 0 spiro atoms. The van der Waals surface area contributed by atoms with Gasteiger partial charge in [0.15, 0.2) is 0 Å². The molecular weight excluding hydrogens is 262 g/mol. The fourth-order valence-electron chi connectivity index (χ4n) is 3.32. The third-order valence-electron chi connectivity index (χ3n) is 4.27. The average Bonchev–Trinajstić information content (AvgIpc) is 2.98. The smallest absolute Gasteiger partial charge is 0.323 e. The van der Waals surface area contributed by atoms with Gasteiger partial charge in [0.25, 0.3) is 0 Å². The SMILES string of the molecule is O=C(OCc1cccc(Cl)c1)C1NCC2CCCC21. The minimum absolute atomic E-state index is 0.105. The van der Waals surface area contributed by atoms with Crippen LogP contribution in [0.15, 0.2) is 24.3 Å². The summed E-state index contributed by atoms with van der Waals surface area (Å²) in [5.74, 6) is 1.03. The Morgan fingerprint density at radius 2 is 2.32 bits per heavy atom. The van der Waals surface area contributed by atoms with Gasteiger partial charge in [0, 0.05) is 5.02 Å². The summed E-state index contributed by atoms with van der Waals surface area (Å²) in [4.78, 5) is 12.1. The van der Waals surface area contributed by atoms with Crippen molar-refractivity contribution in [2.45, 2.75) is 31.9 Å². The van der Waals surface area contributed by atoms with Gasteiger partial charge in [-0.1, -0.05) is 30.2 Å². The first-order valence-corrected chi connectivity index (χ1v) is 7.26. The molecule has 1 aromatic carbocycles. The van der Waals surface area contributed by atoms with Crippen LogP contribution in [-0.4, -0.2) is 18.6 Å². The van der Waals surface area contributed by atoms with Crippen LogP contribution >= 0.6 is 11.6 Å². The molecule has 0 bridgehead atoms. The Kier molecular flexibility index (Phi) is 3.76. The zero-order chi connectivity index (χ0) is 13.2. The van der Waals surface area contributed by atoms with Crippen LogP contribution in [0.2, 0.25) is 5.02 Å². The Balaban J connectivity index is 1.57. The Hall–Kier alpha value is -1.06. The number of benzene rings is 1. The number of ether oxygens (including phenoxy) is 1. The predicted molar refractivity (Wildman–Crippen MR) is 73.9 cm³/mol. The molecule has 3 unspecified atom stereocenters. The van der Waals surface area contributed by atoms with Crippen molar-refractivity contribution in [1.29, 1.82) is 0 Å². The number of rotatable bonds is 3. The summed E-state index contributed by atoms with van der Waals surface area (Å²) in [6, 6.07) is 7.32. The summed E-state index contributed by atoms with van der Waals surface area (Å²) in [5.41, 5.74) is 0.932. The molecule has 3 atom stereocenters. The molecule has 1 aliphatic carbocycles. The van der Waals surface area contributed by atoms with Gasteiger partial charge in [-0.3, -0.25) is 4.79 Å². The van der Waals surface area contributed by atoms with Gasteiger partial charge in [0.1, 0.15) is 12.6 Å². The summed E-state index contributed by atoms with van der Waals surface area (Å²) in [7, 11) is 0. The van der Waals surface area contributed by atoms with E-state index in [1.165, 1.54) is 12.8 Å². The number of esters is 1. The number of nitrogens with one attached hydrogen (secondary N) is 1. The fraction of sp³-hybridized carbons (Fsp3) is 0.533. The van der Waals surface area contributed by atoms with Crippen LogP contribution in [0.3, 0.4) is 0 Å². The van der Waals surface area contributed by atoms with E-state index in [-0.39, 0.29) is 12.0 Å². The molecule has 0 radical (unpaired) electrons. The molecule has 0 aromatic heterocycles. The Morgan fingerprint density at radius 1 is 1.42 bits per heavy atom. The van der Waals surface area contributed by atoms with Gasteiger partial charge in [-0.15, -0.1) is 0 Å². The Labute approximate surface area is 118 Å². The maximum atomic E-state index is 12.1. The number of fused-ring (bicyclic) bond motifs is 1. The average molecular weight is 280 g/mol. The minimum Gasteiger partial charge on any atom is -0.460 e. The number of halogens is 1. The second kappa shape index (κ2) is 5.51. The molecule has 19 heavy (non-hydrogen) atoms. The van der Waals surface area contributed by atoms with Crippen LogP contribution in [0.1, 0.15) is 24.8 Å². The summed E-state index contributed by atoms with van der Waals surface area (Å²) in [6.45, 7) is 1.26. The lowest BCUT2D eigenvalue weighted by Gasteiger charge is -2.16. The minimum atomic E-state index is -0.116. The van der Waals surface area contributed by atoms with Gasteiger partial charge in [-0.2, -0.15) is 0 Å². The maximum Gasteiger partial charge on any atom is 0.323 e. The molecule has 1 saturated carbocycles. The molecule has 2 aliphatic rings. The molecule has 1 aliphatic heterocycles. The fourth-order valence-corrected chi connectivity index (χ4v) is 3.53. The number of hydrogen-bond donors (Lipinski definition) is 1. The van der Waals surface area contributed by atoms with Crippen molar-refractivity contribution < 1.29 is 9.53 Å². The van der Waals surface area contributed by atoms with Crippen LogP contribution in [0.5, 0.6) is 0 Å². The quantitative estimate of drug-likeness (QED) is 0.865. The summed E-state index contributed by atoms with van der Waals surface area (Å²) in [5, 5.41) is 3.98. The third kappa shape index (κ3) is 2.77. The highest BCUT2D eigenvalue weighted by Crippen LogP contribution is 2.38. The van der Waals surface area contributed by atoms with E-state index in [2.05, 4.69) is 5.32 Å². The molecule has 3 rings (SSSR count). The molecule has 1 saturated heterocycles. The Bertz CT molecular complexity index is 477. The largest absolute Gasteiger partial charge is 0.460 e. The van der Waals surface area contributed by atoms with Gasteiger partial charge in [0.05, 0.1) is 0 Å². The zero-order valence-corrected chi connectivity index (χ0v) is 11.5. The van der Waals surface area contributed by atoms with Crippen molar-refractivity contribution in [3.05, 3.63) is 34.9 Å². The summed E-state index contributed by atoms with van der Waals surface area (Å²) >= 11 is 5.91. The van der Waals surface area contributed by atoms with Crippen molar-refractivity contribution >= 4 is 17.6 Å². The zero-order valence-electron chi connectivity index (χ0n) is 10.8. The van der Waals surface area contributed by atoms with Crippen molar-refractivity contribution in [3.63, 3.8) is 0 Å². The van der Waals surface area contributed by atoms with E-state index in [1.54, 1.807) is 0 Å². The number of carbonyl (C=O) groups is 1. The molecule has 1 aromatic rings. The lowest BCUT2D eigenvalue weighted by Crippen LogP contribution is -2.36. The first kappa shape index (κ1) is 12.9. The van der Waals surface area contributed by atoms with E-state index >= 15 is 0 Å². The van der Waals surface area contributed by atoms with Crippen LogP contribution in [0, 0.1) is 11.8 Å². The van der Waals surface area contributed by atoms with Gasteiger partial charge in [-0.25, -0.2) is 0 Å². The second-order valence-corrected chi connectivity index (χ2v) is 5.91. The summed E-state index contributed by atoms with van der Waals surface area (Å²) < 4.78 is 5.42. The first-order valence-electron chi connectivity index (χ1n) is 6.88. The highest BCUT2D eigenvalue weighted by molar-refractivity contribution is 6.30. The lowest BCUT2D eigenvalue weighted by atomic mass is 9.94. The van der Waals surface area contributed by atoms with E-state index < -0.39 is 0 Å². The van der Waals surface area contributed by atoms with Gasteiger partial charge >= 0.3 is 5.97 Å². The lowest BCUT2D eigenvalue weighted by molar-refractivity contribution is -0.148. The monoisotopic (exact) mass is 279 g/mol.